The summed E-state index contributed by atoms with van der Waals surface area (Å²) >= 11 is 3.09. The number of thiophene rings is 1. The molecule has 0 bridgehead atoms. The molecule has 6 nitrogen and oxygen atoms in total. The molecule has 0 saturated carbocycles. The van der Waals surface area contributed by atoms with Gasteiger partial charge in [0.05, 0.1) is 10.6 Å². The van der Waals surface area contributed by atoms with E-state index in [2.05, 4.69) is 15.2 Å². The topological polar surface area (TPSA) is 76.5 Å². The molecule has 0 fully saturated rings. The molecular weight excluding hydrogens is 378 g/mol. The predicted molar refractivity (Wildman–Crippen MR) is 110 cm³/mol. The van der Waals surface area contributed by atoms with Crippen LogP contribution in [0.4, 0.5) is 0 Å². The van der Waals surface area contributed by atoms with Gasteiger partial charge in [0.15, 0.2) is 11.0 Å². The molecule has 3 aromatic heterocycles. The molecule has 0 aliphatic carbocycles. The number of H-pyrrole nitrogens is 1. The fraction of sp³-hybridized carbons (Fsp3) is 0.263. The number of thioether (sulfide) groups is 1. The largest absolute Gasteiger partial charge is 0.309 e. The van der Waals surface area contributed by atoms with Crippen LogP contribution in [0.15, 0.2) is 40.3 Å². The first-order valence-electron chi connectivity index (χ1n) is 8.57. The van der Waals surface area contributed by atoms with Crippen LogP contribution in [0.1, 0.15) is 28.4 Å². The van der Waals surface area contributed by atoms with Crippen LogP contribution in [0.3, 0.4) is 0 Å². The average Bonchev–Trinajstić information content (AvgIpc) is 3.16. The summed E-state index contributed by atoms with van der Waals surface area (Å²) in [5.41, 5.74) is 1.95. The minimum atomic E-state index is -0.0766. The Morgan fingerprint density at radius 3 is 2.67 bits per heavy atom. The van der Waals surface area contributed by atoms with Crippen molar-refractivity contribution < 1.29 is 0 Å². The van der Waals surface area contributed by atoms with Gasteiger partial charge >= 0.3 is 0 Å². The molecule has 0 amide bonds. The Hall–Kier alpha value is -2.45. The van der Waals surface area contributed by atoms with E-state index >= 15 is 0 Å². The Labute approximate surface area is 164 Å². The number of hydrogen-bond donors (Lipinski definition) is 1. The van der Waals surface area contributed by atoms with Crippen molar-refractivity contribution in [1.29, 1.82) is 0 Å². The maximum Gasteiger partial charge on any atom is 0.259 e. The number of benzene rings is 1. The van der Waals surface area contributed by atoms with Crippen molar-refractivity contribution in [2.24, 2.45) is 7.05 Å². The van der Waals surface area contributed by atoms with Gasteiger partial charge in [-0.15, -0.1) is 21.5 Å². The highest BCUT2D eigenvalue weighted by Crippen LogP contribution is 2.34. The van der Waals surface area contributed by atoms with Gasteiger partial charge in [-0.1, -0.05) is 42.1 Å². The lowest BCUT2D eigenvalue weighted by molar-refractivity contribution is 0.786. The van der Waals surface area contributed by atoms with E-state index in [1.54, 1.807) is 11.3 Å². The predicted octanol–water partition coefficient (Wildman–Crippen LogP) is 4.25. The number of aromatic amines is 1. The molecule has 1 aromatic carbocycles. The van der Waals surface area contributed by atoms with Gasteiger partial charge in [0.25, 0.3) is 5.56 Å². The zero-order chi connectivity index (χ0) is 19.1. The second-order valence-corrected chi connectivity index (χ2v) is 8.92. The third-order valence-electron chi connectivity index (χ3n) is 4.59. The molecule has 1 N–H and O–H groups in total. The Balaban J connectivity index is 1.65. The van der Waals surface area contributed by atoms with Crippen molar-refractivity contribution in [1.82, 2.24) is 24.7 Å². The van der Waals surface area contributed by atoms with Gasteiger partial charge in [-0.05, 0) is 26.3 Å². The van der Waals surface area contributed by atoms with Crippen LogP contribution in [0.2, 0.25) is 0 Å². The van der Waals surface area contributed by atoms with E-state index in [1.807, 2.05) is 62.7 Å². The van der Waals surface area contributed by atoms with E-state index in [9.17, 15) is 4.79 Å². The molecule has 0 aliphatic heterocycles. The number of nitrogens with zero attached hydrogens (tertiary/aromatic N) is 4. The normalized spacial score (nSPS) is 12.6. The van der Waals surface area contributed by atoms with Crippen molar-refractivity contribution in [2.45, 2.75) is 31.2 Å². The maximum atomic E-state index is 12.5. The van der Waals surface area contributed by atoms with Gasteiger partial charge in [0, 0.05) is 17.5 Å². The van der Waals surface area contributed by atoms with E-state index in [0.29, 0.717) is 11.2 Å². The van der Waals surface area contributed by atoms with Crippen molar-refractivity contribution in [2.75, 3.05) is 0 Å². The van der Waals surface area contributed by atoms with Gasteiger partial charge in [-0.3, -0.25) is 4.79 Å². The number of nitrogens with one attached hydrogen (secondary N) is 1. The lowest BCUT2D eigenvalue weighted by Gasteiger charge is -2.10. The summed E-state index contributed by atoms with van der Waals surface area (Å²) in [5.74, 6) is 1.47. The van der Waals surface area contributed by atoms with Crippen molar-refractivity contribution in [3.05, 3.63) is 57.0 Å². The monoisotopic (exact) mass is 397 g/mol. The lowest BCUT2D eigenvalue weighted by atomic mass is 10.2. The van der Waals surface area contributed by atoms with Crippen LogP contribution in [-0.2, 0) is 7.05 Å². The number of aromatic nitrogens is 5. The molecule has 138 valence electrons. The summed E-state index contributed by atoms with van der Waals surface area (Å²) in [6.07, 6.45) is 0. The molecular formula is C19H19N5OS2. The Morgan fingerprint density at radius 1 is 1.19 bits per heavy atom. The van der Waals surface area contributed by atoms with Gasteiger partial charge in [0.2, 0.25) is 0 Å². The van der Waals surface area contributed by atoms with Crippen LogP contribution < -0.4 is 5.56 Å². The third kappa shape index (κ3) is 3.19. The number of aryl methyl sites for hydroxylation is 2. The number of fused-ring (bicyclic) bond motifs is 1. The van der Waals surface area contributed by atoms with E-state index in [0.717, 1.165) is 31.8 Å². The smallest absolute Gasteiger partial charge is 0.259 e. The standard InChI is InChI=1S/C19H19N5OS2/c1-10-11(2)26-18-14(10)17(25)20-15(21-18)12(3)27-19-23-22-16(24(19)4)13-8-6-5-7-9-13/h5-9,12H,1-4H3,(H,20,21,25)/t12-/m1/s1. The quantitative estimate of drug-likeness (QED) is 0.521. The molecule has 8 heteroatoms. The molecule has 0 aliphatic rings. The molecule has 0 saturated heterocycles. The fourth-order valence-corrected chi connectivity index (χ4v) is 4.84. The number of rotatable bonds is 4. The Morgan fingerprint density at radius 2 is 1.93 bits per heavy atom. The van der Waals surface area contributed by atoms with Crippen LogP contribution in [0.25, 0.3) is 21.6 Å². The SMILES string of the molecule is Cc1sc2nc([C@@H](C)Sc3nnc(-c4ccccc4)n3C)[nH]c(=O)c2c1C. The second-order valence-electron chi connectivity index (χ2n) is 6.41. The van der Waals surface area contributed by atoms with Crippen LogP contribution in [0.5, 0.6) is 0 Å². The molecule has 0 unspecified atom stereocenters. The van der Waals surface area contributed by atoms with E-state index in [-0.39, 0.29) is 10.8 Å². The maximum absolute atomic E-state index is 12.5. The Bertz CT molecular complexity index is 1180. The zero-order valence-electron chi connectivity index (χ0n) is 15.5. The molecule has 0 radical (unpaired) electrons. The number of hydrogen-bond acceptors (Lipinski definition) is 6. The van der Waals surface area contributed by atoms with Crippen molar-refractivity contribution in [3.63, 3.8) is 0 Å². The molecule has 0 spiro atoms. The van der Waals surface area contributed by atoms with Crippen molar-refractivity contribution in [3.8, 4) is 11.4 Å². The summed E-state index contributed by atoms with van der Waals surface area (Å²) in [6.45, 7) is 6.00. The zero-order valence-corrected chi connectivity index (χ0v) is 17.1. The minimum absolute atomic E-state index is 0.0589. The van der Waals surface area contributed by atoms with E-state index in [4.69, 9.17) is 4.98 Å². The summed E-state index contributed by atoms with van der Waals surface area (Å²) in [5, 5.41) is 10.1. The molecule has 4 rings (SSSR count). The third-order valence-corrected chi connectivity index (χ3v) is 6.84. The fourth-order valence-electron chi connectivity index (χ4n) is 2.93. The molecule has 4 aromatic rings. The Kier molecular flexibility index (Phi) is 4.61. The minimum Gasteiger partial charge on any atom is -0.309 e. The van der Waals surface area contributed by atoms with Gasteiger partial charge in [-0.25, -0.2) is 4.98 Å². The summed E-state index contributed by atoms with van der Waals surface area (Å²) in [6, 6.07) is 9.96. The van der Waals surface area contributed by atoms with E-state index < -0.39 is 0 Å². The second kappa shape index (κ2) is 6.94. The van der Waals surface area contributed by atoms with Gasteiger partial charge in [0.1, 0.15) is 10.7 Å². The first kappa shape index (κ1) is 17.9. The highest BCUT2D eigenvalue weighted by molar-refractivity contribution is 7.99. The van der Waals surface area contributed by atoms with Crippen LogP contribution >= 0.6 is 23.1 Å². The highest BCUT2D eigenvalue weighted by atomic mass is 32.2. The first-order valence-corrected chi connectivity index (χ1v) is 10.3. The molecule has 27 heavy (non-hydrogen) atoms. The molecule has 3 heterocycles. The van der Waals surface area contributed by atoms with Gasteiger partial charge in [-0.2, -0.15) is 0 Å². The molecule has 1 atom stereocenters. The summed E-state index contributed by atoms with van der Waals surface area (Å²) in [7, 11) is 1.95. The van der Waals surface area contributed by atoms with Gasteiger partial charge < -0.3 is 9.55 Å². The summed E-state index contributed by atoms with van der Waals surface area (Å²) < 4.78 is 1.96. The highest BCUT2D eigenvalue weighted by Gasteiger charge is 2.19. The van der Waals surface area contributed by atoms with Crippen molar-refractivity contribution >= 4 is 33.3 Å². The summed E-state index contributed by atoms with van der Waals surface area (Å²) in [4.78, 5) is 22.1. The van der Waals surface area contributed by atoms with E-state index in [1.165, 1.54) is 11.8 Å². The van der Waals surface area contributed by atoms with Crippen LogP contribution in [-0.4, -0.2) is 24.7 Å². The van der Waals surface area contributed by atoms with Crippen LogP contribution in [0, 0.1) is 13.8 Å². The average molecular weight is 398 g/mol. The first-order chi connectivity index (χ1) is 13.0. The lowest BCUT2D eigenvalue weighted by Crippen LogP contribution is -2.12.